The van der Waals surface area contributed by atoms with Crippen LogP contribution in [-0.4, -0.2) is 19.9 Å². The first-order valence-corrected chi connectivity index (χ1v) is 3.98. The zero-order chi connectivity index (χ0) is 14.2. The van der Waals surface area contributed by atoms with Crippen LogP contribution in [0.3, 0.4) is 0 Å². The van der Waals surface area contributed by atoms with Crippen LogP contribution in [0.4, 0.5) is 5.69 Å². The molecule has 0 bridgehead atoms. The minimum Gasteiger partial charge on any atom is -0.258 e. The molecule has 0 aliphatic rings. The second-order valence-electron chi connectivity index (χ2n) is 2.64. The Bertz CT molecular complexity index is 626. The smallest absolute Gasteiger partial charge is 0.258 e. The highest BCUT2D eigenvalue weighted by atomic mass is 16.6. The quantitative estimate of drug-likeness (QED) is 0.561. The van der Waals surface area contributed by atoms with Crippen LogP contribution in [0.2, 0.25) is 0 Å². The fourth-order valence-corrected chi connectivity index (χ4v) is 0.989. The third-order valence-corrected chi connectivity index (χ3v) is 1.65. The number of nitro groups is 1. The Morgan fingerprint density at radius 3 is 2.80 bits per heavy atom. The van der Waals surface area contributed by atoms with Gasteiger partial charge in [-0.25, -0.2) is 4.68 Å². The van der Waals surface area contributed by atoms with E-state index >= 15 is 0 Å². The Kier molecular flexibility index (Phi) is 1.44. The van der Waals surface area contributed by atoms with Gasteiger partial charge in [-0.05, 0) is 5.56 Å². The van der Waals surface area contributed by atoms with Crippen LogP contribution in [0, 0.1) is 10.1 Å². The number of non-ortho nitro benzene ring substituents is 1. The molecule has 0 amide bonds. The number of benzene rings is 1. The standard InChI is InChI=1S/C9H8N4O2/c14-13(15)9-3-1-8(2-4-9)7-12-6-5-10-11-12/h1-6H,7H2/i5D,6D,7D2. The van der Waals surface area contributed by atoms with Gasteiger partial charge in [0.25, 0.3) is 5.69 Å². The highest BCUT2D eigenvalue weighted by Crippen LogP contribution is 2.12. The van der Waals surface area contributed by atoms with Crippen molar-refractivity contribution in [2.45, 2.75) is 6.50 Å². The van der Waals surface area contributed by atoms with Crippen molar-refractivity contribution < 1.29 is 10.4 Å². The average molecular weight is 208 g/mol. The first-order chi connectivity index (χ1) is 8.84. The van der Waals surface area contributed by atoms with Crippen LogP contribution in [-0.2, 0) is 6.50 Å². The molecule has 76 valence electrons. The summed E-state index contributed by atoms with van der Waals surface area (Å²) in [5.41, 5.74) is -0.0816. The van der Waals surface area contributed by atoms with Crippen molar-refractivity contribution in [3.8, 4) is 0 Å². The van der Waals surface area contributed by atoms with Crippen LogP contribution in [0.1, 0.15) is 11.0 Å². The molecule has 0 atom stereocenters. The molecule has 1 aromatic heterocycles. The van der Waals surface area contributed by atoms with Crippen molar-refractivity contribution in [2.75, 3.05) is 0 Å². The lowest BCUT2D eigenvalue weighted by molar-refractivity contribution is -0.384. The summed E-state index contributed by atoms with van der Waals surface area (Å²) < 4.78 is 31.2. The van der Waals surface area contributed by atoms with Gasteiger partial charge < -0.3 is 0 Å². The summed E-state index contributed by atoms with van der Waals surface area (Å²) in [5, 5.41) is 17.2. The zero-order valence-electron chi connectivity index (χ0n) is 11.4. The molecule has 15 heavy (non-hydrogen) atoms. The van der Waals surface area contributed by atoms with Crippen LogP contribution >= 0.6 is 0 Å². The monoisotopic (exact) mass is 208 g/mol. The Balaban J connectivity index is 2.44. The Morgan fingerprint density at radius 2 is 2.27 bits per heavy atom. The van der Waals surface area contributed by atoms with Crippen molar-refractivity contribution in [3.05, 3.63) is 52.3 Å². The molecule has 0 saturated carbocycles. The van der Waals surface area contributed by atoms with E-state index in [1.54, 1.807) is 0 Å². The van der Waals surface area contributed by atoms with Crippen molar-refractivity contribution in [3.63, 3.8) is 0 Å². The first-order valence-electron chi connectivity index (χ1n) is 5.98. The van der Waals surface area contributed by atoms with Crippen LogP contribution in [0.25, 0.3) is 0 Å². The van der Waals surface area contributed by atoms with Crippen molar-refractivity contribution in [2.24, 2.45) is 0 Å². The third kappa shape index (κ3) is 2.16. The van der Waals surface area contributed by atoms with Gasteiger partial charge in [-0.2, -0.15) is 0 Å². The molecular weight excluding hydrogens is 196 g/mol. The molecule has 0 aliphatic carbocycles. The van der Waals surface area contributed by atoms with Gasteiger partial charge >= 0.3 is 0 Å². The van der Waals surface area contributed by atoms with Crippen LogP contribution in [0.15, 0.2) is 36.6 Å². The van der Waals surface area contributed by atoms with E-state index in [4.69, 9.17) is 5.48 Å². The number of nitrogens with zero attached hydrogens (tertiary/aromatic N) is 4. The molecule has 6 nitrogen and oxygen atoms in total. The first kappa shape index (κ1) is 5.59. The van der Waals surface area contributed by atoms with E-state index in [0.717, 1.165) is 12.1 Å². The lowest BCUT2D eigenvalue weighted by Gasteiger charge is -1.99. The molecule has 0 fully saturated rings. The minimum absolute atomic E-state index is 0.0801. The summed E-state index contributed by atoms with van der Waals surface area (Å²) in [6.07, 6.45) is -0.908. The van der Waals surface area contributed by atoms with E-state index in [1.807, 2.05) is 0 Å². The largest absolute Gasteiger partial charge is 0.269 e. The summed E-state index contributed by atoms with van der Waals surface area (Å²) in [7, 11) is 0. The van der Waals surface area contributed by atoms with Crippen LogP contribution < -0.4 is 0 Å². The third-order valence-electron chi connectivity index (χ3n) is 1.65. The SMILES string of the molecule is [2H]c1nnn(C([2H])([2H])c2ccc([N+](=O)[O-])cc2)c1[2H]. The summed E-state index contributed by atoms with van der Waals surface area (Å²) in [5.74, 6) is 0. The number of rotatable bonds is 3. The molecule has 2 aromatic rings. The molecule has 0 unspecified atom stereocenters. The summed E-state index contributed by atoms with van der Waals surface area (Å²) in [6, 6.07) is 4.80. The minimum atomic E-state index is -2.21. The Hall–Kier alpha value is -2.24. The molecular formula is C9H8N4O2. The maximum Gasteiger partial charge on any atom is 0.269 e. The second kappa shape index (κ2) is 3.87. The Morgan fingerprint density at radius 1 is 1.53 bits per heavy atom. The van der Waals surface area contributed by atoms with E-state index in [-0.39, 0.29) is 11.3 Å². The molecule has 0 radical (unpaired) electrons. The normalized spacial score (nSPS) is 14.9. The van der Waals surface area contributed by atoms with Gasteiger partial charge in [-0.15, -0.1) is 5.10 Å². The van der Waals surface area contributed by atoms with Crippen molar-refractivity contribution in [1.29, 1.82) is 0 Å². The molecule has 0 N–H and O–H groups in total. The van der Waals surface area contributed by atoms with Crippen molar-refractivity contribution in [1.82, 2.24) is 15.0 Å². The molecule has 2 rings (SSSR count). The second-order valence-corrected chi connectivity index (χ2v) is 2.64. The van der Waals surface area contributed by atoms with E-state index in [0.29, 0.717) is 4.68 Å². The highest BCUT2D eigenvalue weighted by Gasteiger charge is 2.03. The van der Waals surface area contributed by atoms with Gasteiger partial charge in [0.05, 0.1) is 23.1 Å². The predicted molar refractivity (Wildman–Crippen MR) is 52.2 cm³/mol. The van der Waals surface area contributed by atoms with E-state index in [2.05, 4.69) is 10.3 Å². The zero-order valence-corrected chi connectivity index (χ0v) is 7.41. The molecule has 0 saturated heterocycles. The topological polar surface area (TPSA) is 73.8 Å². The van der Waals surface area contributed by atoms with E-state index in [9.17, 15) is 10.1 Å². The molecule has 1 aromatic carbocycles. The van der Waals surface area contributed by atoms with Gasteiger partial charge in [-0.1, -0.05) is 17.3 Å². The van der Waals surface area contributed by atoms with E-state index < -0.39 is 23.8 Å². The van der Waals surface area contributed by atoms with E-state index in [1.165, 1.54) is 12.1 Å². The van der Waals surface area contributed by atoms with Gasteiger partial charge in [-0.3, -0.25) is 10.1 Å². The van der Waals surface area contributed by atoms with Gasteiger partial charge in [0.2, 0.25) is 0 Å². The fourth-order valence-electron chi connectivity index (χ4n) is 0.989. The molecule has 0 aliphatic heterocycles. The predicted octanol–water partition coefficient (Wildman–Crippen LogP) is 1.23. The highest BCUT2D eigenvalue weighted by molar-refractivity contribution is 5.32. The maximum absolute atomic E-state index is 10.5. The molecule has 0 spiro atoms. The number of aromatic nitrogens is 3. The average Bonchev–Trinajstić information content (AvgIpc) is 2.70. The summed E-state index contributed by atoms with van der Waals surface area (Å²) in [4.78, 5) is 9.93. The maximum atomic E-state index is 10.5. The fraction of sp³-hybridized carbons (Fsp3) is 0.111. The molecule has 6 heteroatoms. The summed E-state index contributed by atoms with van der Waals surface area (Å²) >= 11 is 0. The summed E-state index contributed by atoms with van der Waals surface area (Å²) in [6.45, 7) is -2.21. The Labute approximate surface area is 90.9 Å². The lowest BCUT2D eigenvalue weighted by atomic mass is 10.2. The number of nitro benzene ring substituents is 1. The van der Waals surface area contributed by atoms with Crippen molar-refractivity contribution >= 4 is 5.69 Å². The van der Waals surface area contributed by atoms with Gasteiger partial charge in [0.15, 0.2) is 0 Å². The molecule has 1 heterocycles. The van der Waals surface area contributed by atoms with Gasteiger partial charge in [0.1, 0.15) is 0 Å². The number of hydrogen-bond donors (Lipinski definition) is 0. The van der Waals surface area contributed by atoms with Crippen LogP contribution in [0.5, 0.6) is 0 Å². The van der Waals surface area contributed by atoms with Gasteiger partial charge in [0, 0.05) is 18.3 Å². The lowest BCUT2D eigenvalue weighted by Crippen LogP contribution is -2.00. The number of hydrogen-bond acceptors (Lipinski definition) is 4.